The van der Waals surface area contributed by atoms with E-state index in [0.717, 1.165) is 10.9 Å². The van der Waals surface area contributed by atoms with Crippen molar-refractivity contribution >= 4 is 10.9 Å². The van der Waals surface area contributed by atoms with Gasteiger partial charge in [0.25, 0.3) is 0 Å². The van der Waals surface area contributed by atoms with Crippen molar-refractivity contribution in [3.05, 3.63) is 0 Å². The zero-order valence-electron chi connectivity index (χ0n) is 20.8. The van der Waals surface area contributed by atoms with E-state index in [1.807, 2.05) is 0 Å². The third-order valence-corrected chi connectivity index (χ3v) is 8.71. The van der Waals surface area contributed by atoms with E-state index < -0.39 is 0 Å². The Morgan fingerprint density at radius 2 is 0.517 bits per heavy atom. The van der Waals surface area contributed by atoms with Gasteiger partial charge in [0.15, 0.2) is 0 Å². The largest absolute Gasteiger partial charge is 1.00 e. The predicted octanol–water partition coefficient (Wildman–Crippen LogP) is 6.86. The number of hydrogen-bond acceptors (Lipinski definition) is 0. The summed E-state index contributed by atoms with van der Waals surface area (Å²) in [4.78, 5) is 0. The van der Waals surface area contributed by atoms with Crippen LogP contribution in [0.1, 0.15) is 156 Å². The van der Waals surface area contributed by atoms with E-state index in [-0.39, 0.29) is 12.4 Å². The SMILES string of the molecule is CCCCCCCCC[S+](CCCCCCCCC)CCCCCCCCC.[Cl-]. The van der Waals surface area contributed by atoms with E-state index in [4.69, 9.17) is 0 Å². The molecule has 0 N–H and O–H groups in total. The maximum atomic E-state index is 2.32. The summed E-state index contributed by atoms with van der Waals surface area (Å²) in [7, 11) is 0.749. The molecule has 0 unspecified atom stereocenters. The normalized spacial score (nSPS) is 11.2. The summed E-state index contributed by atoms with van der Waals surface area (Å²) < 4.78 is 0. The molecule has 0 aromatic heterocycles. The van der Waals surface area contributed by atoms with Crippen LogP contribution in [0.15, 0.2) is 0 Å². The molecular formula is C27H57ClS. The molecule has 0 fully saturated rings. The third kappa shape index (κ3) is 26.6. The molecule has 0 aliphatic carbocycles. The fourth-order valence-electron chi connectivity index (χ4n) is 4.10. The van der Waals surface area contributed by atoms with Crippen molar-refractivity contribution in [2.45, 2.75) is 156 Å². The molecule has 178 valence electrons. The lowest BCUT2D eigenvalue weighted by Crippen LogP contribution is -3.00. The van der Waals surface area contributed by atoms with Gasteiger partial charge in [-0.15, -0.1) is 0 Å². The first-order chi connectivity index (χ1) is 13.8. The topological polar surface area (TPSA) is 0 Å². The Kier molecular flexibility index (Phi) is 31.4. The summed E-state index contributed by atoms with van der Waals surface area (Å²) >= 11 is 0. The van der Waals surface area contributed by atoms with Crippen LogP contribution in [0.25, 0.3) is 0 Å². The highest BCUT2D eigenvalue weighted by Crippen LogP contribution is 2.15. The summed E-state index contributed by atoms with van der Waals surface area (Å²) in [6, 6.07) is 0. The van der Waals surface area contributed by atoms with Crippen LogP contribution >= 0.6 is 0 Å². The van der Waals surface area contributed by atoms with Crippen LogP contribution in [0.4, 0.5) is 0 Å². The number of unbranched alkanes of at least 4 members (excludes halogenated alkanes) is 18. The lowest BCUT2D eigenvalue weighted by molar-refractivity contribution is -0.00000633. The smallest absolute Gasteiger partial charge is 0.108 e. The fraction of sp³-hybridized carbons (Fsp3) is 1.00. The van der Waals surface area contributed by atoms with E-state index >= 15 is 0 Å². The van der Waals surface area contributed by atoms with E-state index in [0.29, 0.717) is 0 Å². The van der Waals surface area contributed by atoms with E-state index in [1.165, 1.54) is 135 Å². The van der Waals surface area contributed by atoms with Gasteiger partial charge in [0.05, 0.1) is 0 Å². The molecule has 29 heavy (non-hydrogen) atoms. The van der Waals surface area contributed by atoms with Crippen LogP contribution in [-0.4, -0.2) is 17.3 Å². The van der Waals surface area contributed by atoms with Gasteiger partial charge in [-0.05, 0) is 49.4 Å². The molecule has 0 aromatic carbocycles. The van der Waals surface area contributed by atoms with Crippen LogP contribution in [0.2, 0.25) is 0 Å². The first-order valence-corrected chi connectivity index (χ1v) is 15.2. The van der Waals surface area contributed by atoms with Crippen molar-refractivity contribution in [3.8, 4) is 0 Å². The van der Waals surface area contributed by atoms with Crippen LogP contribution in [-0.2, 0) is 10.9 Å². The standard InChI is InChI=1S/C27H57S.ClH/c1-4-7-10-13-16-19-22-25-28(26-23-20-17-14-11-8-5-2)27-24-21-18-15-12-9-6-3;/h4-27H2,1-3H3;1H/q+1;/p-1. The second-order valence-electron chi connectivity index (χ2n) is 9.09. The molecule has 0 aliphatic rings. The number of halogens is 1. The maximum Gasteiger partial charge on any atom is 0.108 e. The van der Waals surface area contributed by atoms with Gasteiger partial charge >= 0.3 is 0 Å². The molecule has 0 saturated heterocycles. The van der Waals surface area contributed by atoms with Crippen molar-refractivity contribution in [1.82, 2.24) is 0 Å². The van der Waals surface area contributed by atoms with Gasteiger partial charge in [-0.1, -0.05) is 117 Å². The highest BCUT2D eigenvalue weighted by molar-refractivity contribution is 7.96. The minimum atomic E-state index is 0. The molecule has 0 heterocycles. The monoisotopic (exact) mass is 448 g/mol. The van der Waals surface area contributed by atoms with E-state index in [9.17, 15) is 0 Å². The molecule has 0 aromatic rings. The van der Waals surface area contributed by atoms with Crippen molar-refractivity contribution in [1.29, 1.82) is 0 Å². The minimum absolute atomic E-state index is 0. The van der Waals surface area contributed by atoms with Crippen LogP contribution in [0, 0.1) is 0 Å². The fourth-order valence-corrected chi connectivity index (χ4v) is 6.55. The molecule has 0 amide bonds. The average Bonchev–Trinajstić information content (AvgIpc) is 2.71. The molecule has 0 atom stereocenters. The van der Waals surface area contributed by atoms with Gasteiger partial charge in [-0.3, -0.25) is 0 Å². The Bertz CT molecular complexity index is 226. The highest BCUT2D eigenvalue weighted by Gasteiger charge is 2.16. The van der Waals surface area contributed by atoms with Gasteiger partial charge < -0.3 is 12.4 Å². The second-order valence-corrected chi connectivity index (χ2v) is 11.5. The Hall–Kier alpha value is 0.640. The highest BCUT2D eigenvalue weighted by atomic mass is 35.5. The third-order valence-electron chi connectivity index (χ3n) is 6.11. The van der Waals surface area contributed by atoms with Gasteiger partial charge in [-0.2, -0.15) is 0 Å². The molecule has 0 rings (SSSR count). The van der Waals surface area contributed by atoms with Gasteiger partial charge in [0.1, 0.15) is 17.3 Å². The molecule has 0 bridgehead atoms. The lowest BCUT2D eigenvalue weighted by atomic mass is 10.1. The molecule has 0 spiro atoms. The Morgan fingerprint density at radius 1 is 0.310 bits per heavy atom. The van der Waals surface area contributed by atoms with Crippen LogP contribution in [0.3, 0.4) is 0 Å². The summed E-state index contributed by atoms with van der Waals surface area (Å²) in [5.74, 6) is 4.67. The molecular weight excluding hydrogens is 392 g/mol. The van der Waals surface area contributed by atoms with Crippen molar-refractivity contribution in [3.63, 3.8) is 0 Å². The van der Waals surface area contributed by atoms with Gasteiger partial charge in [-0.25, -0.2) is 0 Å². The first kappa shape index (κ1) is 31.8. The average molecular weight is 449 g/mol. The van der Waals surface area contributed by atoms with Gasteiger partial charge in [0.2, 0.25) is 0 Å². The van der Waals surface area contributed by atoms with E-state index in [1.54, 1.807) is 17.3 Å². The molecule has 2 heteroatoms. The van der Waals surface area contributed by atoms with E-state index in [2.05, 4.69) is 20.8 Å². The minimum Gasteiger partial charge on any atom is -1.00 e. The maximum absolute atomic E-state index is 2.32. The summed E-state index contributed by atoms with van der Waals surface area (Å²) in [5.41, 5.74) is 0. The summed E-state index contributed by atoms with van der Waals surface area (Å²) in [6.07, 6.45) is 30.9. The second kappa shape index (κ2) is 28.6. The predicted molar refractivity (Wildman–Crippen MR) is 136 cm³/mol. The molecule has 0 saturated carbocycles. The Labute approximate surface area is 195 Å². The zero-order valence-corrected chi connectivity index (χ0v) is 22.3. The van der Waals surface area contributed by atoms with Gasteiger partial charge in [0, 0.05) is 0 Å². The lowest BCUT2D eigenvalue weighted by Gasteiger charge is -2.10. The first-order valence-electron chi connectivity index (χ1n) is 13.5. The Balaban J connectivity index is 0. The summed E-state index contributed by atoms with van der Waals surface area (Å²) in [5, 5.41) is 0. The quantitative estimate of drug-likeness (QED) is 0.112. The van der Waals surface area contributed by atoms with Crippen molar-refractivity contribution < 1.29 is 12.4 Å². The molecule has 0 nitrogen and oxygen atoms in total. The van der Waals surface area contributed by atoms with Crippen molar-refractivity contribution in [2.24, 2.45) is 0 Å². The summed E-state index contributed by atoms with van der Waals surface area (Å²) in [6.45, 7) is 6.96. The molecule has 0 radical (unpaired) electrons. The van der Waals surface area contributed by atoms with Crippen LogP contribution in [0.5, 0.6) is 0 Å². The number of hydrogen-bond donors (Lipinski definition) is 0. The van der Waals surface area contributed by atoms with Crippen molar-refractivity contribution in [2.75, 3.05) is 17.3 Å². The Morgan fingerprint density at radius 3 is 0.759 bits per heavy atom. The van der Waals surface area contributed by atoms with Crippen LogP contribution < -0.4 is 12.4 Å². The number of rotatable bonds is 24. The molecule has 0 aliphatic heterocycles. The zero-order chi connectivity index (χ0) is 20.5.